The molecule has 2 rings (SSSR count). The van der Waals surface area contributed by atoms with Crippen molar-refractivity contribution in [3.8, 4) is 6.01 Å². The van der Waals surface area contributed by atoms with Crippen molar-refractivity contribution in [3.05, 3.63) is 41.0 Å². The van der Waals surface area contributed by atoms with Gasteiger partial charge in [-0.15, -0.1) is 0 Å². The summed E-state index contributed by atoms with van der Waals surface area (Å²) in [6, 6.07) is 0.223. The van der Waals surface area contributed by atoms with Crippen LogP contribution < -0.4 is 4.74 Å². The molecule has 18 heavy (non-hydrogen) atoms. The molecule has 1 atom stereocenters. The van der Waals surface area contributed by atoms with Crippen LogP contribution in [0.2, 0.25) is 0 Å². The average Bonchev–Trinajstić information content (AvgIpc) is 2.34. The van der Waals surface area contributed by atoms with Crippen molar-refractivity contribution in [2.75, 3.05) is 6.61 Å². The van der Waals surface area contributed by atoms with E-state index in [1.165, 1.54) is 5.57 Å². The molecule has 0 aromatic carbocycles. The summed E-state index contributed by atoms with van der Waals surface area (Å²) in [7, 11) is 0. The minimum atomic E-state index is -0.413. The zero-order valence-electron chi connectivity index (χ0n) is 10.9. The van der Waals surface area contributed by atoms with Crippen molar-refractivity contribution < 1.29 is 9.13 Å². The molecule has 1 heterocycles. The number of aromatic nitrogens is 2. The summed E-state index contributed by atoms with van der Waals surface area (Å²) in [6.45, 7) is 6.26. The Balaban J connectivity index is 2.03. The van der Waals surface area contributed by atoms with Gasteiger partial charge >= 0.3 is 6.01 Å². The van der Waals surface area contributed by atoms with Crippen LogP contribution in [0.3, 0.4) is 0 Å². The normalized spacial score (nSPS) is 19.2. The Morgan fingerprint density at radius 2 is 2.22 bits per heavy atom. The molecule has 0 radical (unpaired) electrons. The molecule has 1 aromatic rings. The quantitative estimate of drug-likeness (QED) is 0.823. The Kier molecular flexibility index (Phi) is 3.75. The highest BCUT2D eigenvalue weighted by atomic mass is 19.1. The number of halogens is 1. The van der Waals surface area contributed by atoms with Crippen molar-refractivity contribution >= 4 is 0 Å². The first-order valence-corrected chi connectivity index (χ1v) is 6.06. The van der Waals surface area contributed by atoms with Gasteiger partial charge in [-0.25, -0.2) is 9.37 Å². The third-order valence-electron chi connectivity index (χ3n) is 3.04. The molecule has 0 spiro atoms. The van der Waals surface area contributed by atoms with Crippen molar-refractivity contribution in [1.29, 1.82) is 0 Å². The highest BCUT2D eigenvalue weighted by molar-refractivity contribution is 5.33. The molecule has 3 nitrogen and oxygen atoms in total. The molecule has 0 saturated carbocycles. The molecule has 0 saturated heterocycles. The second-order valence-electron chi connectivity index (χ2n) is 4.67. The lowest BCUT2D eigenvalue weighted by atomic mass is 9.93. The van der Waals surface area contributed by atoms with E-state index in [4.69, 9.17) is 4.74 Å². The van der Waals surface area contributed by atoms with Crippen LogP contribution in [0.4, 0.5) is 4.39 Å². The lowest BCUT2D eigenvalue weighted by molar-refractivity contribution is 0.320. The highest BCUT2D eigenvalue weighted by Crippen LogP contribution is 2.22. The Hall–Kier alpha value is -1.71. The first-order chi connectivity index (χ1) is 8.56. The maximum absolute atomic E-state index is 13.0. The zero-order chi connectivity index (χ0) is 13.1. The summed E-state index contributed by atoms with van der Waals surface area (Å²) in [5.41, 5.74) is 2.68. The van der Waals surface area contributed by atoms with E-state index in [0.717, 1.165) is 18.2 Å². The Bertz CT molecular complexity index is 509. The maximum Gasteiger partial charge on any atom is 0.317 e. The molecule has 0 N–H and O–H groups in total. The second kappa shape index (κ2) is 5.29. The number of nitrogens with zero attached hydrogens (tertiary/aromatic N) is 2. The van der Waals surface area contributed by atoms with Crippen LogP contribution in [-0.4, -0.2) is 16.6 Å². The van der Waals surface area contributed by atoms with Crippen LogP contribution in [0.1, 0.15) is 26.0 Å². The Labute approximate surface area is 106 Å². The van der Waals surface area contributed by atoms with E-state index in [1.54, 1.807) is 6.92 Å². The van der Waals surface area contributed by atoms with Crippen molar-refractivity contribution in [3.63, 3.8) is 0 Å². The molecule has 1 aliphatic carbocycles. The summed E-state index contributed by atoms with van der Waals surface area (Å²) >= 11 is 0. The van der Waals surface area contributed by atoms with Crippen molar-refractivity contribution in [1.82, 2.24) is 9.97 Å². The topological polar surface area (TPSA) is 35.0 Å². The van der Waals surface area contributed by atoms with E-state index in [2.05, 4.69) is 36.0 Å². The number of rotatable bonds is 3. The molecule has 0 amide bonds. The fraction of sp³-hybridized carbons (Fsp3) is 0.429. The van der Waals surface area contributed by atoms with Gasteiger partial charge in [0.2, 0.25) is 0 Å². The molecule has 1 aliphatic rings. The monoisotopic (exact) mass is 248 g/mol. The van der Waals surface area contributed by atoms with Crippen LogP contribution in [0.25, 0.3) is 0 Å². The number of hydrogen-bond donors (Lipinski definition) is 0. The molecule has 0 bridgehead atoms. The molecule has 96 valence electrons. The Morgan fingerprint density at radius 3 is 2.94 bits per heavy atom. The predicted octanol–water partition coefficient (Wildman–Crippen LogP) is 3.22. The summed E-state index contributed by atoms with van der Waals surface area (Å²) in [5, 5.41) is 0. The van der Waals surface area contributed by atoms with E-state index < -0.39 is 5.82 Å². The van der Waals surface area contributed by atoms with Gasteiger partial charge < -0.3 is 4.74 Å². The zero-order valence-corrected chi connectivity index (χ0v) is 10.9. The Morgan fingerprint density at radius 1 is 1.44 bits per heavy atom. The van der Waals surface area contributed by atoms with Crippen LogP contribution in [0.15, 0.2) is 29.5 Å². The van der Waals surface area contributed by atoms with Gasteiger partial charge in [-0.1, -0.05) is 19.1 Å². The summed E-state index contributed by atoms with van der Waals surface area (Å²) in [4.78, 5) is 7.76. The second-order valence-corrected chi connectivity index (χ2v) is 4.67. The lowest BCUT2D eigenvalue weighted by Gasteiger charge is -2.17. The van der Waals surface area contributed by atoms with Crippen LogP contribution in [0, 0.1) is 18.7 Å². The van der Waals surface area contributed by atoms with Crippen LogP contribution >= 0.6 is 0 Å². The largest absolute Gasteiger partial charge is 0.459 e. The molecule has 0 fully saturated rings. The summed E-state index contributed by atoms with van der Waals surface area (Å²) < 4.78 is 18.5. The molecule has 4 heteroatoms. The third-order valence-corrected chi connectivity index (χ3v) is 3.04. The molecule has 0 unspecified atom stereocenters. The fourth-order valence-corrected chi connectivity index (χ4v) is 1.84. The van der Waals surface area contributed by atoms with Gasteiger partial charge in [-0.2, -0.15) is 4.98 Å². The number of hydrogen-bond acceptors (Lipinski definition) is 3. The fourth-order valence-electron chi connectivity index (χ4n) is 1.84. The van der Waals surface area contributed by atoms with Gasteiger partial charge in [0.05, 0.1) is 11.9 Å². The smallest absolute Gasteiger partial charge is 0.317 e. The number of ether oxygens (including phenoxy) is 1. The molecule has 1 aromatic heterocycles. The van der Waals surface area contributed by atoms with Gasteiger partial charge in [-0.3, -0.25) is 0 Å². The van der Waals surface area contributed by atoms with E-state index >= 15 is 0 Å². The van der Waals surface area contributed by atoms with Crippen LogP contribution in [-0.2, 0) is 0 Å². The molecular formula is C14H17FN2O. The summed E-state index contributed by atoms with van der Waals surface area (Å²) in [5.74, 6) is 0.118. The van der Waals surface area contributed by atoms with Gasteiger partial charge in [0.1, 0.15) is 6.61 Å². The van der Waals surface area contributed by atoms with E-state index in [0.29, 0.717) is 18.2 Å². The van der Waals surface area contributed by atoms with E-state index in [-0.39, 0.29) is 6.01 Å². The van der Waals surface area contributed by atoms with Crippen molar-refractivity contribution in [2.24, 2.45) is 5.92 Å². The highest BCUT2D eigenvalue weighted by Gasteiger charge is 2.11. The minimum Gasteiger partial charge on any atom is -0.459 e. The molecular weight excluding hydrogens is 231 g/mol. The minimum absolute atomic E-state index is 0.223. The van der Waals surface area contributed by atoms with Gasteiger partial charge in [-0.05, 0) is 37.3 Å². The van der Waals surface area contributed by atoms with Crippen molar-refractivity contribution in [2.45, 2.75) is 27.2 Å². The van der Waals surface area contributed by atoms with Gasteiger partial charge in [0, 0.05) is 0 Å². The predicted molar refractivity (Wildman–Crippen MR) is 67.8 cm³/mol. The first-order valence-electron chi connectivity index (χ1n) is 6.06. The maximum atomic E-state index is 13.0. The first kappa shape index (κ1) is 12.7. The molecule has 0 aliphatic heterocycles. The van der Waals surface area contributed by atoms with Crippen LogP contribution in [0.5, 0.6) is 6.01 Å². The lowest BCUT2D eigenvalue weighted by Crippen LogP contribution is -2.10. The average molecular weight is 248 g/mol. The van der Waals surface area contributed by atoms with E-state index in [1.807, 2.05) is 0 Å². The van der Waals surface area contributed by atoms with E-state index in [9.17, 15) is 4.39 Å². The summed E-state index contributed by atoms with van der Waals surface area (Å²) in [6.07, 6.45) is 6.62. The van der Waals surface area contributed by atoms with Gasteiger partial charge in [0.25, 0.3) is 0 Å². The standard InChI is InChI=1S/C14H17FN2O/c1-9-4-5-10(2)12(6-9)8-18-14-16-7-13(15)11(3)17-14/h5-7,9H,4,8H2,1-3H3/t9-/m1/s1. The van der Waals surface area contributed by atoms with Gasteiger partial charge in [0.15, 0.2) is 5.82 Å². The third kappa shape index (κ3) is 2.94. The number of aryl methyl sites for hydroxylation is 1. The number of allylic oxidation sites excluding steroid dienone is 2. The SMILES string of the molecule is CC1=CC[C@@H](C)C=C1COc1ncc(F)c(C)n1.